The number of nitrogens with zero attached hydrogens (tertiary/aromatic N) is 1. The molecule has 0 spiro atoms. The van der Waals surface area contributed by atoms with E-state index in [4.69, 9.17) is 0 Å². The van der Waals surface area contributed by atoms with Crippen molar-refractivity contribution in [3.63, 3.8) is 0 Å². The molecule has 0 saturated heterocycles. The minimum Gasteiger partial charge on any atom is -0.744 e. The molecule has 8 heteroatoms. The van der Waals surface area contributed by atoms with Crippen molar-refractivity contribution in [3.8, 4) is 0 Å². The van der Waals surface area contributed by atoms with Crippen LogP contribution in [0.4, 0.5) is 5.69 Å². The molecule has 2 rings (SSSR count). The Morgan fingerprint density at radius 1 is 1.08 bits per heavy atom. The van der Waals surface area contributed by atoms with Crippen LogP contribution < -0.4 is 22.6 Å². The van der Waals surface area contributed by atoms with E-state index in [1.165, 1.54) is 27.7 Å². The molecule has 0 fully saturated rings. The predicted molar refractivity (Wildman–Crippen MR) is 90.9 cm³/mol. The Morgan fingerprint density at radius 3 is 2.00 bits per heavy atom. The Kier molecular flexibility index (Phi) is 7.51. The second kappa shape index (κ2) is 8.72. The first-order chi connectivity index (χ1) is 11.5. The lowest BCUT2D eigenvalue weighted by atomic mass is 9.82. The summed E-state index contributed by atoms with van der Waals surface area (Å²) in [5, 5.41) is 10.3. The third kappa shape index (κ3) is 6.37. The maximum absolute atomic E-state index is 10.5. The van der Waals surface area contributed by atoms with E-state index in [1.807, 2.05) is 0 Å². The largest absolute Gasteiger partial charge is 0.744 e. The van der Waals surface area contributed by atoms with Crippen LogP contribution in [0.3, 0.4) is 0 Å². The van der Waals surface area contributed by atoms with Gasteiger partial charge in [0.2, 0.25) is 0 Å². The van der Waals surface area contributed by atoms with Crippen LogP contribution in [0.5, 0.6) is 0 Å². The zero-order valence-corrected chi connectivity index (χ0v) is 17.3. The summed E-state index contributed by atoms with van der Waals surface area (Å²) in [6.07, 6.45) is 1.19. The number of nitro benzene ring substituents is 1. The van der Waals surface area contributed by atoms with Gasteiger partial charge in [-0.1, -0.05) is 45.0 Å². The second-order valence-corrected chi connectivity index (χ2v) is 8.63. The third-order valence-electron chi connectivity index (χ3n) is 3.85. The fourth-order valence-electron chi connectivity index (χ4n) is 1.93. The van der Waals surface area contributed by atoms with Gasteiger partial charge in [0.25, 0.3) is 28.3 Å². The van der Waals surface area contributed by atoms with Crippen LogP contribution in [0.15, 0.2) is 53.4 Å². The van der Waals surface area contributed by atoms with Gasteiger partial charge in [0, 0.05) is 6.07 Å². The molecule has 6 nitrogen and oxygen atoms in total. The molecular weight excluding hydrogens is 457 g/mol. The molecule has 0 radical (unpaired) electrons. The molecule has 2 aromatic rings. The van der Waals surface area contributed by atoms with Crippen LogP contribution in [-0.2, 0) is 15.5 Å². The molecule has 2 aromatic carbocycles. The highest BCUT2D eigenvalue weighted by atomic mass is 127. The van der Waals surface area contributed by atoms with Crippen LogP contribution in [0.25, 0.3) is 0 Å². The summed E-state index contributed by atoms with van der Waals surface area (Å²) in [5.41, 5.74) is 1.07. The number of benzene rings is 2. The van der Waals surface area contributed by atoms with E-state index in [0.717, 1.165) is 12.1 Å². The van der Waals surface area contributed by atoms with Crippen LogP contribution in [0, 0.1) is 13.7 Å². The standard InChI is InChI=1S/C11H16I.C6H5NO5S/c1-4-11(2,3)9-5-7-10(12)8-6-9;8-7(9)5-3-1-2-4-6(5)13(10,11)12/h5-8,12H,4H2,1-3H3;1-4H,(H,10,11,12)/q+1;/p-1. The number of rotatable bonds is 4. The Morgan fingerprint density at radius 2 is 1.60 bits per heavy atom. The van der Waals surface area contributed by atoms with Gasteiger partial charge in [0.05, 0.1) is 4.92 Å². The van der Waals surface area contributed by atoms with Gasteiger partial charge in [0.1, 0.15) is 15.0 Å². The van der Waals surface area contributed by atoms with Gasteiger partial charge in [-0.05, 0) is 35.6 Å². The highest BCUT2D eigenvalue weighted by Gasteiger charge is 2.18. The van der Waals surface area contributed by atoms with E-state index in [-0.39, 0.29) is 0 Å². The van der Waals surface area contributed by atoms with Crippen molar-refractivity contribution < 1.29 is 40.5 Å². The molecule has 0 aliphatic rings. The van der Waals surface area contributed by atoms with Crippen LogP contribution in [0.2, 0.25) is 0 Å². The molecule has 0 bridgehead atoms. The molecule has 0 atom stereocenters. The van der Waals surface area contributed by atoms with Crippen LogP contribution in [0.1, 0.15) is 32.8 Å². The summed E-state index contributed by atoms with van der Waals surface area (Å²) in [4.78, 5) is 8.55. The quantitative estimate of drug-likeness (QED) is 0.274. The molecule has 0 aliphatic carbocycles. The lowest BCUT2D eigenvalue weighted by Crippen LogP contribution is -3.34. The van der Waals surface area contributed by atoms with Gasteiger partial charge in [-0.25, -0.2) is 8.42 Å². The maximum atomic E-state index is 10.5. The van der Waals surface area contributed by atoms with Gasteiger partial charge < -0.3 is 4.55 Å². The first-order valence-electron chi connectivity index (χ1n) is 7.46. The molecule has 0 unspecified atom stereocenters. The average Bonchev–Trinajstić information content (AvgIpc) is 2.55. The van der Waals surface area contributed by atoms with Gasteiger partial charge >= 0.3 is 0 Å². The summed E-state index contributed by atoms with van der Waals surface area (Å²) in [5.74, 6) is 0. The molecule has 0 N–H and O–H groups in total. The Balaban J connectivity index is 0.000000251. The first kappa shape index (κ1) is 21.5. The van der Waals surface area contributed by atoms with Crippen molar-refractivity contribution in [3.05, 3.63) is 67.8 Å². The van der Waals surface area contributed by atoms with Crippen LogP contribution >= 0.6 is 0 Å². The molecule has 0 saturated carbocycles. The Bertz CT molecular complexity index is 832. The zero-order valence-electron chi connectivity index (χ0n) is 14.1. The van der Waals surface area contributed by atoms with Gasteiger partial charge in [-0.3, -0.25) is 10.1 Å². The third-order valence-corrected chi connectivity index (χ3v) is 5.51. The summed E-state index contributed by atoms with van der Waals surface area (Å²) >= 11 is 2.06. The Labute approximate surface area is 161 Å². The van der Waals surface area contributed by atoms with Crippen molar-refractivity contribution in [1.82, 2.24) is 0 Å². The van der Waals surface area contributed by atoms with E-state index in [9.17, 15) is 23.1 Å². The van der Waals surface area contributed by atoms with Gasteiger partial charge in [-0.2, -0.15) is 0 Å². The number of nitro groups is 1. The minimum atomic E-state index is -4.77. The Hall–Kier alpha value is -1.52. The molecule has 25 heavy (non-hydrogen) atoms. The molecule has 0 amide bonds. The van der Waals surface area contributed by atoms with Gasteiger partial charge in [0.15, 0.2) is 3.57 Å². The van der Waals surface area contributed by atoms with Crippen molar-refractivity contribution in [1.29, 1.82) is 0 Å². The monoisotopic (exact) mass is 477 g/mol. The van der Waals surface area contributed by atoms with Gasteiger partial charge in [-0.15, -0.1) is 0 Å². The van der Waals surface area contributed by atoms with Crippen molar-refractivity contribution >= 4 is 15.8 Å². The highest BCUT2D eigenvalue weighted by Crippen LogP contribution is 2.25. The topological polar surface area (TPSA) is 100 Å². The summed E-state index contributed by atoms with van der Waals surface area (Å²) in [7, 11) is -4.77. The molecular formula is C17H20INO5S. The second-order valence-electron chi connectivity index (χ2n) is 5.94. The normalized spacial score (nSPS) is 11.4. The molecule has 0 aliphatic heterocycles. The molecule has 0 aromatic heterocycles. The maximum Gasteiger partial charge on any atom is 0.296 e. The van der Waals surface area contributed by atoms with E-state index < -0.39 is 25.6 Å². The summed E-state index contributed by atoms with van der Waals surface area (Å²) < 4.78 is 32.8. The van der Waals surface area contributed by atoms with Crippen molar-refractivity contribution in [2.75, 3.05) is 0 Å². The number of halogens is 1. The van der Waals surface area contributed by atoms with E-state index >= 15 is 0 Å². The lowest BCUT2D eigenvalue weighted by molar-refractivity contribution is -0.387. The number of para-hydroxylation sites is 1. The summed E-state index contributed by atoms with van der Waals surface area (Å²) in [6, 6.07) is 13.3. The molecule has 136 valence electrons. The number of hydrogen-bond donors (Lipinski definition) is 0. The van der Waals surface area contributed by atoms with E-state index in [2.05, 4.69) is 67.6 Å². The number of hydrogen-bond acceptors (Lipinski definition) is 5. The first-order valence-corrected chi connectivity index (χ1v) is 10.0. The average molecular weight is 477 g/mol. The predicted octanol–water partition coefficient (Wildman–Crippen LogP) is 0.328. The fourth-order valence-corrected chi connectivity index (χ4v) is 2.96. The lowest BCUT2D eigenvalue weighted by Gasteiger charge is -2.22. The molecule has 0 heterocycles. The zero-order chi connectivity index (χ0) is 19.3. The smallest absolute Gasteiger partial charge is 0.296 e. The van der Waals surface area contributed by atoms with Crippen molar-refractivity contribution in [2.24, 2.45) is 0 Å². The highest BCUT2D eigenvalue weighted by molar-refractivity contribution is 7.85. The van der Waals surface area contributed by atoms with Crippen molar-refractivity contribution in [2.45, 2.75) is 37.5 Å². The fraction of sp³-hybridized carbons (Fsp3) is 0.294. The summed E-state index contributed by atoms with van der Waals surface area (Å²) in [6.45, 7) is 6.82. The SMILES string of the molecule is CCC(C)(C)c1ccc([IH+])cc1.O=[N+]([O-])c1ccccc1S(=O)(=O)[O-]. The van der Waals surface area contributed by atoms with E-state index in [0.29, 0.717) is 5.41 Å². The minimum absolute atomic E-state index is 0.328. The van der Waals surface area contributed by atoms with Crippen LogP contribution in [-0.4, -0.2) is 17.9 Å². The van der Waals surface area contributed by atoms with E-state index in [1.54, 1.807) is 0 Å².